The number of nitrogens with zero attached hydrogens (tertiary/aromatic N) is 1. The first-order valence-electron chi connectivity index (χ1n) is 6.02. The molecule has 0 aliphatic heterocycles. The lowest BCUT2D eigenvalue weighted by atomic mass is 10.2. The van der Waals surface area contributed by atoms with Crippen LogP contribution in [0.3, 0.4) is 0 Å². The van der Waals surface area contributed by atoms with Gasteiger partial charge in [-0.3, -0.25) is 0 Å². The molecule has 0 saturated carbocycles. The van der Waals surface area contributed by atoms with Crippen LogP contribution in [0.5, 0.6) is 0 Å². The molecular formula is C14H14Cl2FNO2. The molecule has 3 nitrogen and oxygen atoms in total. The summed E-state index contributed by atoms with van der Waals surface area (Å²) in [6.45, 7) is 5.21. The molecule has 1 aromatic heterocycles. The quantitative estimate of drug-likeness (QED) is 0.696. The van der Waals surface area contributed by atoms with Crippen LogP contribution in [0.1, 0.15) is 26.5 Å². The Hall–Kier alpha value is -1.26. The Kier molecular flexibility index (Phi) is 3.98. The van der Waals surface area contributed by atoms with E-state index in [0.717, 1.165) is 4.57 Å². The van der Waals surface area contributed by atoms with Crippen molar-refractivity contribution in [3.63, 3.8) is 0 Å². The maximum absolute atomic E-state index is 14.0. The zero-order valence-corrected chi connectivity index (χ0v) is 12.8. The third-order valence-electron chi connectivity index (χ3n) is 2.65. The number of alkyl halides is 1. The highest BCUT2D eigenvalue weighted by Crippen LogP contribution is 2.30. The third-order valence-corrected chi connectivity index (χ3v) is 3.25. The Morgan fingerprint density at radius 3 is 2.60 bits per heavy atom. The van der Waals surface area contributed by atoms with E-state index in [-0.39, 0.29) is 11.4 Å². The molecule has 0 aliphatic rings. The number of carbonyl (C=O) groups excluding carboxylic acids is 1. The molecule has 0 unspecified atom stereocenters. The first-order valence-corrected chi connectivity index (χ1v) is 6.93. The summed E-state index contributed by atoms with van der Waals surface area (Å²) in [6.07, 6.45) is -0.677. The minimum Gasteiger partial charge on any atom is -0.443 e. The van der Waals surface area contributed by atoms with Gasteiger partial charge in [-0.2, -0.15) is 0 Å². The third kappa shape index (κ3) is 2.76. The smallest absolute Gasteiger partial charge is 0.419 e. The van der Waals surface area contributed by atoms with E-state index in [1.807, 2.05) is 0 Å². The van der Waals surface area contributed by atoms with Gasteiger partial charge in [0.15, 0.2) is 0 Å². The molecule has 6 heteroatoms. The van der Waals surface area contributed by atoms with Crippen LogP contribution in [-0.2, 0) is 10.6 Å². The van der Waals surface area contributed by atoms with Gasteiger partial charge in [0.25, 0.3) is 0 Å². The highest BCUT2D eigenvalue weighted by molar-refractivity contribution is 6.35. The van der Waals surface area contributed by atoms with Gasteiger partial charge in [-0.25, -0.2) is 13.8 Å². The zero-order chi connectivity index (χ0) is 15.1. The van der Waals surface area contributed by atoms with Gasteiger partial charge >= 0.3 is 6.09 Å². The second kappa shape index (κ2) is 5.26. The van der Waals surface area contributed by atoms with Crippen molar-refractivity contribution in [1.82, 2.24) is 4.57 Å². The lowest BCUT2D eigenvalue weighted by Crippen LogP contribution is -2.28. The number of hydrogen-bond donors (Lipinski definition) is 0. The molecule has 0 spiro atoms. The van der Waals surface area contributed by atoms with Gasteiger partial charge in [0.1, 0.15) is 11.4 Å². The van der Waals surface area contributed by atoms with Crippen molar-refractivity contribution in [1.29, 1.82) is 0 Å². The summed E-state index contributed by atoms with van der Waals surface area (Å²) in [6, 6.07) is 4.25. The van der Waals surface area contributed by atoms with Crippen LogP contribution in [0.4, 0.5) is 9.18 Å². The second-order valence-corrected chi connectivity index (χ2v) is 6.05. The fraction of sp³-hybridized carbons (Fsp3) is 0.357. The molecule has 0 radical (unpaired) electrons. The average Bonchev–Trinajstić information content (AvgIpc) is 2.72. The van der Waals surface area contributed by atoms with E-state index in [9.17, 15) is 9.18 Å². The minimum absolute atomic E-state index is 0.0453. The molecule has 108 valence electrons. The van der Waals surface area contributed by atoms with Gasteiger partial charge in [0.05, 0.1) is 16.4 Å². The van der Waals surface area contributed by atoms with Crippen molar-refractivity contribution in [2.24, 2.45) is 0 Å². The van der Waals surface area contributed by atoms with Crippen LogP contribution in [0, 0.1) is 5.82 Å². The predicted molar refractivity (Wildman–Crippen MR) is 78.1 cm³/mol. The molecule has 0 atom stereocenters. The summed E-state index contributed by atoms with van der Waals surface area (Å²) in [4.78, 5) is 12.3. The van der Waals surface area contributed by atoms with Crippen molar-refractivity contribution in [2.75, 3.05) is 0 Å². The van der Waals surface area contributed by atoms with Gasteiger partial charge in [-0.1, -0.05) is 11.6 Å². The summed E-state index contributed by atoms with van der Waals surface area (Å²) in [5, 5.41) is 0.795. The maximum atomic E-state index is 14.0. The van der Waals surface area contributed by atoms with Gasteiger partial charge < -0.3 is 4.74 Å². The molecule has 0 aliphatic carbocycles. The van der Waals surface area contributed by atoms with Crippen LogP contribution >= 0.6 is 23.2 Å². The van der Waals surface area contributed by atoms with E-state index in [1.165, 1.54) is 12.1 Å². The highest BCUT2D eigenvalue weighted by atomic mass is 35.5. The largest absolute Gasteiger partial charge is 0.443 e. The Labute approximate surface area is 126 Å². The van der Waals surface area contributed by atoms with Crippen LogP contribution in [-0.4, -0.2) is 16.3 Å². The number of rotatable bonds is 1. The molecule has 20 heavy (non-hydrogen) atoms. The SMILES string of the molecule is CC(C)(C)OC(=O)n1c(CCl)cc2c(Cl)ccc(F)c21. The second-order valence-electron chi connectivity index (χ2n) is 5.38. The summed E-state index contributed by atoms with van der Waals surface area (Å²) >= 11 is 11.9. The monoisotopic (exact) mass is 317 g/mol. The maximum Gasteiger partial charge on any atom is 0.419 e. The van der Waals surface area contributed by atoms with E-state index in [0.29, 0.717) is 16.1 Å². The van der Waals surface area contributed by atoms with Crippen molar-refractivity contribution >= 4 is 40.2 Å². The molecule has 2 rings (SSSR count). The van der Waals surface area contributed by atoms with Crippen molar-refractivity contribution < 1.29 is 13.9 Å². The van der Waals surface area contributed by atoms with Crippen molar-refractivity contribution in [3.05, 3.63) is 34.7 Å². The fourth-order valence-electron chi connectivity index (χ4n) is 1.91. The molecule has 0 saturated heterocycles. The van der Waals surface area contributed by atoms with Crippen LogP contribution in [0.25, 0.3) is 10.9 Å². The first-order chi connectivity index (χ1) is 9.24. The Bertz CT molecular complexity index is 674. The van der Waals surface area contributed by atoms with Crippen LogP contribution in [0.2, 0.25) is 5.02 Å². The average molecular weight is 318 g/mol. The number of benzene rings is 1. The van der Waals surface area contributed by atoms with E-state index in [2.05, 4.69) is 0 Å². The molecule has 0 fully saturated rings. The minimum atomic E-state index is -0.688. The molecule has 2 aromatic rings. The molecule has 1 aromatic carbocycles. The lowest BCUT2D eigenvalue weighted by molar-refractivity contribution is 0.0540. The summed E-state index contributed by atoms with van der Waals surface area (Å²) in [7, 11) is 0. The number of halogens is 3. The molecule has 0 bridgehead atoms. The number of hydrogen-bond acceptors (Lipinski definition) is 2. The predicted octanol–water partition coefficient (Wildman–Crippen LogP) is 4.96. The zero-order valence-electron chi connectivity index (χ0n) is 11.3. The van der Waals surface area contributed by atoms with Gasteiger partial charge in [-0.05, 0) is 39.0 Å². The number of fused-ring (bicyclic) bond motifs is 1. The molecule has 0 N–H and O–H groups in total. The van der Waals surface area contributed by atoms with Crippen LogP contribution < -0.4 is 0 Å². The number of ether oxygens (including phenoxy) is 1. The molecule has 1 heterocycles. The van der Waals surface area contributed by atoms with Crippen molar-refractivity contribution in [3.8, 4) is 0 Å². The van der Waals surface area contributed by atoms with Crippen LogP contribution in [0.15, 0.2) is 18.2 Å². The molecular weight excluding hydrogens is 304 g/mol. The summed E-state index contributed by atoms with van der Waals surface area (Å²) in [5.74, 6) is -0.504. The Morgan fingerprint density at radius 2 is 2.05 bits per heavy atom. The fourth-order valence-corrected chi connectivity index (χ4v) is 2.31. The van der Waals surface area contributed by atoms with E-state index >= 15 is 0 Å². The van der Waals surface area contributed by atoms with Gasteiger partial charge in [0, 0.05) is 11.1 Å². The van der Waals surface area contributed by atoms with Crippen molar-refractivity contribution in [2.45, 2.75) is 32.3 Å². The van der Waals surface area contributed by atoms with Gasteiger partial charge in [0.2, 0.25) is 0 Å². The summed E-state index contributed by atoms with van der Waals surface area (Å²) < 4.78 is 20.5. The normalized spacial score (nSPS) is 11.9. The number of aromatic nitrogens is 1. The van der Waals surface area contributed by atoms with E-state index < -0.39 is 17.5 Å². The molecule has 0 amide bonds. The van der Waals surface area contributed by atoms with Gasteiger partial charge in [-0.15, -0.1) is 11.6 Å². The Morgan fingerprint density at radius 1 is 1.40 bits per heavy atom. The highest BCUT2D eigenvalue weighted by Gasteiger charge is 2.24. The van der Waals surface area contributed by atoms with E-state index in [1.54, 1.807) is 26.8 Å². The topological polar surface area (TPSA) is 31.2 Å². The number of carbonyl (C=O) groups is 1. The Balaban J connectivity index is 2.68. The standard InChI is InChI=1S/C14H14Cl2FNO2/c1-14(2,3)20-13(19)18-8(7-15)6-9-10(16)4-5-11(17)12(9)18/h4-6H,7H2,1-3H3. The first kappa shape index (κ1) is 15.1. The lowest BCUT2D eigenvalue weighted by Gasteiger charge is -2.20. The van der Waals surface area contributed by atoms with E-state index in [4.69, 9.17) is 27.9 Å². The summed E-state index contributed by atoms with van der Waals surface area (Å²) in [5.41, 5.74) is -0.169.